The standard InChI is InChI=1S/C21H21N3O5/c1-11-6-7-14(29-11)20(21(2)9-28-10-21)24-16-15(18(26)19(16)27)23-13-5-3-4-12(8-22)17(13)25/h3-7,15-16,20,23-25H,9-10H2,1-2H3. The number of hydrogen-bond donors (Lipinski definition) is 3. The Bertz CT molecular complexity index is 1020. The highest BCUT2D eigenvalue weighted by atomic mass is 16.5. The quantitative estimate of drug-likeness (QED) is 0.500. The van der Waals surface area contributed by atoms with Gasteiger partial charge in [0, 0.05) is 5.41 Å². The third-order valence-electron chi connectivity index (χ3n) is 5.56. The van der Waals surface area contributed by atoms with Gasteiger partial charge in [0.15, 0.2) is 5.75 Å². The summed E-state index contributed by atoms with van der Waals surface area (Å²) in [5.74, 6) is 0.0655. The third-order valence-corrected chi connectivity index (χ3v) is 5.56. The Hall–Kier alpha value is -3.15. The van der Waals surface area contributed by atoms with E-state index in [9.17, 15) is 14.7 Å². The van der Waals surface area contributed by atoms with Crippen LogP contribution < -0.4 is 10.6 Å². The Morgan fingerprint density at radius 1 is 1.21 bits per heavy atom. The number of phenolic OH excluding ortho intramolecular Hbond substituents is 1. The molecule has 3 N–H and O–H groups in total. The molecular formula is C21H21N3O5. The Labute approximate surface area is 167 Å². The topological polar surface area (TPSA) is 125 Å². The summed E-state index contributed by atoms with van der Waals surface area (Å²) in [4.78, 5) is 24.6. The van der Waals surface area contributed by atoms with Crippen molar-refractivity contribution in [2.75, 3.05) is 18.5 Å². The maximum Gasteiger partial charge on any atom is 0.224 e. The van der Waals surface area contributed by atoms with Gasteiger partial charge < -0.3 is 19.6 Å². The Kier molecular flexibility index (Phi) is 4.65. The van der Waals surface area contributed by atoms with Crippen molar-refractivity contribution < 1.29 is 23.8 Å². The first kappa shape index (κ1) is 19.2. The highest BCUT2D eigenvalue weighted by Gasteiger charge is 2.53. The van der Waals surface area contributed by atoms with E-state index in [2.05, 4.69) is 10.6 Å². The van der Waals surface area contributed by atoms with Crippen LogP contribution in [0.3, 0.4) is 0 Å². The van der Waals surface area contributed by atoms with Gasteiger partial charge in [-0.2, -0.15) is 5.26 Å². The minimum absolute atomic E-state index is 0.0840. The second-order valence-corrected chi connectivity index (χ2v) is 7.84. The number of nitrogens with zero attached hydrogens (tertiary/aromatic N) is 1. The molecule has 2 aliphatic rings. The Balaban J connectivity index is 1.58. The van der Waals surface area contributed by atoms with E-state index < -0.39 is 23.7 Å². The van der Waals surface area contributed by atoms with E-state index in [0.717, 1.165) is 5.76 Å². The largest absolute Gasteiger partial charge is 0.504 e. The number of phenols is 1. The fourth-order valence-electron chi connectivity index (χ4n) is 3.76. The number of carbonyl (C=O) groups excluding carboxylic acids is 2. The smallest absolute Gasteiger partial charge is 0.224 e. The van der Waals surface area contributed by atoms with Crippen molar-refractivity contribution in [2.24, 2.45) is 5.41 Å². The van der Waals surface area contributed by atoms with Crippen LogP contribution >= 0.6 is 0 Å². The number of anilines is 1. The minimum atomic E-state index is -0.856. The molecular weight excluding hydrogens is 374 g/mol. The summed E-state index contributed by atoms with van der Waals surface area (Å²) in [6.45, 7) is 4.87. The Morgan fingerprint density at radius 3 is 2.52 bits per heavy atom. The lowest BCUT2D eigenvalue weighted by Gasteiger charge is -2.47. The summed E-state index contributed by atoms with van der Waals surface area (Å²) < 4.78 is 11.2. The molecule has 29 heavy (non-hydrogen) atoms. The fourth-order valence-corrected chi connectivity index (χ4v) is 3.76. The first-order chi connectivity index (χ1) is 13.8. The normalized spacial score (nSPS) is 23.6. The lowest BCUT2D eigenvalue weighted by atomic mass is 9.76. The molecule has 2 fully saturated rings. The molecule has 1 aliphatic heterocycles. The molecule has 150 valence electrons. The van der Waals surface area contributed by atoms with E-state index >= 15 is 0 Å². The average molecular weight is 395 g/mol. The van der Waals surface area contributed by atoms with Crippen LogP contribution in [0.2, 0.25) is 0 Å². The molecule has 2 aromatic rings. The lowest BCUT2D eigenvalue weighted by Crippen LogP contribution is -2.69. The van der Waals surface area contributed by atoms with Gasteiger partial charge in [-0.25, -0.2) is 0 Å². The van der Waals surface area contributed by atoms with Crippen LogP contribution in [0, 0.1) is 23.7 Å². The molecule has 8 nitrogen and oxygen atoms in total. The van der Waals surface area contributed by atoms with E-state index in [1.54, 1.807) is 12.1 Å². The second-order valence-electron chi connectivity index (χ2n) is 7.84. The maximum absolute atomic E-state index is 12.3. The highest BCUT2D eigenvalue weighted by Crippen LogP contribution is 2.42. The van der Waals surface area contributed by atoms with E-state index in [4.69, 9.17) is 14.4 Å². The number of carbonyl (C=O) groups is 2. The number of hydrogen-bond acceptors (Lipinski definition) is 8. The number of para-hydroxylation sites is 1. The van der Waals surface area contributed by atoms with E-state index in [1.807, 2.05) is 32.0 Å². The molecule has 1 aromatic carbocycles. The zero-order valence-corrected chi connectivity index (χ0v) is 16.1. The van der Waals surface area contributed by atoms with E-state index in [0.29, 0.717) is 19.0 Å². The number of ketones is 2. The third kappa shape index (κ3) is 3.18. The number of ether oxygens (including phenoxy) is 1. The highest BCUT2D eigenvalue weighted by molar-refractivity contribution is 6.49. The number of nitriles is 1. The Morgan fingerprint density at radius 2 is 1.93 bits per heavy atom. The molecule has 1 aromatic heterocycles. The summed E-state index contributed by atoms with van der Waals surface area (Å²) in [7, 11) is 0. The van der Waals surface area contributed by atoms with Gasteiger partial charge in [-0.3, -0.25) is 14.9 Å². The van der Waals surface area contributed by atoms with Crippen molar-refractivity contribution in [3.63, 3.8) is 0 Å². The van der Waals surface area contributed by atoms with Crippen molar-refractivity contribution in [3.05, 3.63) is 47.4 Å². The summed E-state index contributed by atoms with van der Waals surface area (Å²) in [6, 6.07) is 8.23. The number of Topliss-reactive ketones (excluding diaryl/α,β-unsaturated/α-hetero) is 2. The van der Waals surface area contributed by atoms with Gasteiger partial charge in [0.25, 0.3) is 0 Å². The summed E-state index contributed by atoms with van der Waals surface area (Å²) in [6.07, 6.45) is 0. The SMILES string of the molecule is Cc1ccc(C(NC2C(=O)C(=O)C2Nc2cccc(C#N)c2O)C2(C)COC2)o1. The molecule has 4 rings (SSSR count). The number of aryl methyl sites for hydroxylation is 1. The number of nitrogens with one attached hydrogen (secondary N) is 2. The van der Waals surface area contributed by atoms with Crippen LogP contribution in [0.15, 0.2) is 34.7 Å². The number of furan rings is 1. The lowest BCUT2D eigenvalue weighted by molar-refractivity contribution is -0.150. The van der Waals surface area contributed by atoms with Crippen LogP contribution in [0.1, 0.15) is 30.0 Å². The van der Waals surface area contributed by atoms with E-state index in [1.165, 1.54) is 6.07 Å². The molecule has 0 bridgehead atoms. The molecule has 3 atom stereocenters. The van der Waals surface area contributed by atoms with Crippen LogP contribution in [-0.4, -0.2) is 42.0 Å². The molecule has 3 unspecified atom stereocenters. The minimum Gasteiger partial charge on any atom is -0.504 e. The average Bonchev–Trinajstić information content (AvgIpc) is 3.12. The molecule has 1 aliphatic carbocycles. The van der Waals surface area contributed by atoms with Crippen LogP contribution in [0.5, 0.6) is 5.75 Å². The molecule has 1 saturated heterocycles. The van der Waals surface area contributed by atoms with Gasteiger partial charge in [0.2, 0.25) is 11.6 Å². The molecule has 0 radical (unpaired) electrons. The van der Waals surface area contributed by atoms with Gasteiger partial charge >= 0.3 is 0 Å². The predicted octanol–water partition coefficient (Wildman–Crippen LogP) is 1.83. The number of rotatable bonds is 6. The summed E-state index contributed by atoms with van der Waals surface area (Å²) >= 11 is 0. The van der Waals surface area contributed by atoms with E-state index in [-0.39, 0.29) is 28.5 Å². The first-order valence-corrected chi connectivity index (χ1v) is 9.31. The number of aromatic hydroxyl groups is 1. The summed E-state index contributed by atoms with van der Waals surface area (Å²) in [5, 5.41) is 25.4. The van der Waals surface area contributed by atoms with Gasteiger partial charge in [0.05, 0.1) is 30.5 Å². The van der Waals surface area contributed by atoms with Gasteiger partial charge in [-0.1, -0.05) is 13.0 Å². The first-order valence-electron chi connectivity index (χ1n) is 9.31. The van der Waals surface area contributed by atoms with Crippen LogP contribution in [0.4, 0.5) is 5.69 Å². The zero-order chi connectivity index (χ0) is 20.8. The summed E-state index contributed by atoms with van der Waals surface area (Å²) in [5.41, 5.74) is 0.0299. The van der Waals surface area contributed by atoms with Crippen molar-refractivity contribution >= 4 is 17.3 Å². The molecule has 1 saturated carbocycles. The van der Waals surface area contributed by atoms with Crippen molar-refractivity contribution in [1.82, 2.24) is 5.32 Å². The van der Waals surface area contributed by atoms with Crippen LogP contribution in [-0.2, 0) is 14.3 Å². The monoisotopic (exact) mass is 395 g/mol. The second kappa shape index (κ2) is 7.03. The zero-order valence-electron chi connectivity index (χ0n) is 16.1. The van der Waals surface area contributed by atoms with Crippen molar-refractivity contribution in [2.45, 2.75) is 32.0 Å². The van der Waals surface area contributed by atoms with Crippen LogP contribution in [0.25, 0.3) is 0 Å². The maximum atomic E-state index is 12.3. The number of benzene rings is 1. The molecule has 0 amide bonds. The van der Waals surface area contributed by atoms with Gasteiger partial charge in [0.1, 0.15) is 29.7 Å². The molecule has 0 spiro atoms. The van der Waals surface area contributed by atoms with Crippen molar-refractivity contribution in [3.8, 4) is 11.8 Å². The predicted molar refractivity (Wildman–Crippen MR) is 102 cm³/mol. The van der Waals surface area contributed by atoms with Crippen molar-refractivity contribution in [1.29, 1.82) is 5.26 Å². The fraction of sp³-hybridized carbons (Fsp3) is 0.381. The molecule has 2 heterocycles. The van der Waals surface area contributed by atoms with Gasteiger partial charge in [-0.05, 0) is 31.2 Å². The van der Waals surface area contributed by atoms with Gasteiger partial charge in [-0.15, -0.1) is 0 Å². The molecule has 8 heteroatoms.